The van der Waals surface area contributed by atoms with E-state index in [0.29, 0.717) is 5.56 Å². The van der Waals surface area contributed by atoms with E-state index in [-0.39, 0.29) is 24.6 Å². The molecule has 1 amide bonds. The summed E-state index contributed by atoms with van der Waals surface area (Å²) in [7, 11) is 1.66. The van der Waals surface area contributed by atoms with Gasteiger partial charge >= 0.3 is 0 Å². The lowest BCUT2D eigenvalue weighted by molar-refractivity contribution is -0.126. The Morgan fingerprint density at radius 3 is 2.70 bits per heavy atom. The third-order valence-electron chi connectivity index (χ3n) is 6.73. The molecule has 180 valence electrons. The number of halogens is 2. The molecule has 33 heavy (non-hydrogen) atoms. The van der Waals surface area contributed by atoms with Gasteiger partial charge in [0.05, 0.1) is 12.0 Å². The van der Waals surface area contributed by atoms with Crippen LogP contribution < -0.4 is 16.4 Å². The van der Waals surface area contributed by atoms with Gasteiger partial charge in [0, 0.05) is 30.3 Å². The highest BCUT2D eigenvalue weighted by Gasteiger charge is 2.33. The zero-order valence-electron chi connectivity index (χ0n) is 19.6. The number of amides is 1. The maximum atomic E-state index is 14.3. The van der Waals surface area contributed by atoms with Crippen molar-refractivity contribution in [1.82, 2.24) is 10.6 Å². The third-order valence-corrected chi connectivity index (χ3v) is 6.73. The van der Waals surface area contributed by atoms with Crippen LogP contribution in [-0.2, 0) is 30.6 Å². The van der Waals surface area contributed by atoms with Gasteiger partial charge in [-0.25, -0.2) is 8.78 Å². The Kier molecular flexibility index (Phi) is 8.57. The number of hydrogen-bond acceptors (Lipinski definition) is 4. The number of hydrogen-bond donors (Lipinski definition) is 4. The SMILES string of the molecule is CCc1ccc2c(c1)C(NC(C)C(O)C(Cc1cc(F)cc(F)c1CNC)C(N)=O)CCC2. The van der Waals surface area contributed by atoms with E-state index in [4.69, 9.17) is 5.73 Å². The maximum Gasteiger partial charge on any atom is 0.223 e. The average molecular weight is 460 g/mol. The number of aliphatic hydroxyl groups is 1. The van der Waals surface area contributed by atoms with Crippen LogP contribution in [0.1, 0.15) is 60.5 Å². The molecule has 0 bridgehead atoms. The van der Waals surface area contributed by atoms with Crippen LogP contribution in [0.4, 0.5) is 8.78 Å². The lowest BCUT2D eigenvalue weighted by Gasteiger charge is -2.33. The van der Waals surface area contributed by atoms with Gasteiger partial charge in [0.15, 0.2) is 0 Å². The molecule has 5 N–H and O–H groups in total. The fourth-order valence-corrected chi connectivity index (χ4v) is 4.85. The van der Waals surface area contributed by atoms with E-state index < -0.39 is 35.6 Å². The Hall–Kier alpha value is -2.35. The number of nitrogens with one attached hydrogen (secondary N) is 2. The predicted octanol–water partition coefficient (Wildman–Crippen LogP) is 3.31. The first kappa shape index (κ1) is 25.3. The molecule has 5 nitrogen and oxygen atoms in total. The summed E-state index contributed by atoms with van der Waals surface area (Å²) >= 11 is 0. The summed E-state index contributed by atoms with van der Waals surface area (Å²) in [5.41, 5.74) is 10.0. The van der Waals surface area contributed by atoms with E-state index >= 15 is 0 Å². The fourth-order valence-electron chi connectivity index (χ4n) is 4.85. The van der Waals surface area contributed by atoms with Crippen LogP contribution in [0.25, 0.3) is 0 Å². The molecule has 1 aliphatic rings. The minimum atomic E-state index is -1.11. The van der Waals surface area contributed by atoms with E-state index in [2.05, 4.69) is 35.8 Å². The standard InChI is InChI=1S/C26H35F2N3O2/c1-4-16-8-9-17-6-5-7-24(20(17)10-16)31-15(2)25(32)21(26(29)33)12-18-11-19(27)13-23(28)22(18)14-30-3/h8-11,13,15,21,24-25,30-32H,4-7,12,14H2,1-3H3,(H2,29,33). The summed E-state index contributed by atoms with van der Waals surface area (Å²) in [6.07, 6.45) is 2.78. The molecule has 0 saturated heterocycles. The van der Waals surface area contributed by atoms with Gasteiger partial charge in [-0.05, 0) is 74.4 Å². The van der Waals surface area contributed by atoms with Crippen molar-refractivity contribution in [2.24, 2.45) is 11.7 Å². The second-order valence-corrected chi connectivity index (χ2v) is 9.05. The second-order valence-electron chi connectivity index (χ2n) is 9.05. The van der Waals surface area contributed by atoms with E-state index in [0.717, 1.165) is 31.7 Å². The number of aryl methyl sites for hydroxylation is 2. The lowest BCUT2D eigenvalue weighted by atomic mass is 9.84. The molecule has 4 unspecified atom stereocenters. The summed E-state index contributed by atoms with van der Waals surface area (Å²) in [6.45, 7) is 4.11. The third kappa shape index (κ3) is 5.96. The van der Waals surface area contributed by atoms with Crippen LogP contribution in [-0.4, -0.2) is 30.2 Å². The zero-order valence-corrected chi connectivity index (χ0v) is 19.6. The molecular weight excluding hydrogens is 424 g/mol. The molecule has 7 heteroatoms. The van der Waals surface area contributed by atoms with Crippen molar-refractivity contribution < 1.29 is 18.7 Å². The molecule has 2 aromatic rings. The van der Waals surface area contributed by atoms with Crippen LogP contribution in [0.15, 0.2) is 30.3 Å². The molecule has 1 aliphatic carbocycles. The minimum Gasteiger partial charge on any atom is -0.391 e. The van der Waals surface area contributed by atoms with Gasteiger partial charge in [-0.1, -0.05) is 25.1 Å². The highest BCUT2D eigenvalue weighted by atomic mass is 19.1. The number of carbonyl (C=O) groups excluding carboxylic acids is 1. The second kappa shape index (κ2) is 11.2. The molecule has 0 fully saturated rings. The maximum absolute atomic E-state index is 14.3. The van der Waals surface area contributed by atoms with E-state index in [9.17, 15) is 18.7 Å². The van der Waals surface area contributed by atoms with E-state index in [1.54, 1.807) is 7.05 Å². The first-order valence-electron chi connectivity index (χ1n) is 11.7. The Bertz CT molecular complexity index is 982. The zero-order chi connectivity index (χ0) is 24.1. The van der Waals surface area contributed by atoms with Crippen LogP contribution in [0, 0.1) is 17.6 Å². The predicted molar refractivity (Wildman–Crippen MR) is 126 cm³/mol. The quantitative estimate of drug-likeness (QED) is 0.439. The normalized spacial score (nSPS) is 18.4. The number of carbonyl (C=O) groups is 1. The van der Waals surface area contributed by atoms with Crippen LogP contribution in [0.2, 0.25) is 0 Å². The highest BCUT2D eigenvalue weighted by molar-refractivity contribution is 5.77. The van der Waals surface area contributed by atoms with Crippen molar-refractivity contribution in [3.63, 3.8) is 0 Å². The van der Waals surface area contributed by atoms with Crippen molar-refractivity contribution in [1.29, 1.82) is 0 Å². The van der Waals surface area contributed by atoms with Gasteiger partial charge in [-0.15, -0.1) is 0 Å². The summed E-state index contributed by atoms with van der Waals surface area (Å²) in [5, 5.41) is 17.4. The van der Waals surface area contributed by atoms with Gasteiger partial charge in [-0.2, -0.15) is 0 Å². The molecule has 0 saturated carbocycles. The number of fused-ring (bicyclic) bond motifs is 1. The smallest absolute Gasteiger partial charge is 0.223 e. The van der Waals surface area contributed by atoms with E-state index in [1.165, 1.54) is 22.8 Å². The van der Waals surface area contributed by atoms with Crippen LogP contribution in [0.5, 0.6) is 0 Å². The van der Waals surface area contributed by atoms with Crippen molar-refractivity contribution in [3.05, 3.63) is 69.8 Å². The van der Waals surface area contributed by atoms with Crippen molar-refractivity contribution in [2.75, 3.05) is 7.05 Å². The van der Waals surface area contributed by atoms with Gasteiger partial charge in [0.1, 0.15) is 11.6 Å². The molecule has 0 spiro atoms. The lowest BCUT2D eigenvalue weighted by Crippen LogP contribution is -2.48. The number of nitrogens with two attached hydrogens (primary N) is 1. The van der Waals surface area contributed by atoms with Crippen molar-refractivity contribution in [3.8, 4) is 0 Å². The molecule has 0 radical (unpaired) electrons. The van der Waals surface area contributed by atoms with Crippen molar-refractivity contribution in [2.45, 2.75) is 70.7 Å². The molecule has 0 aromatic heterocycles. The fraction of sp³-hybridized carbons (Fsp3) is 0.500. The molecular formula is C26H35F2N3O2. The Morgan fingerprint density at radius 2 is 2.03 bits per heavy atom. The largest absolute Gasteiger partial charge is 0.391 e. The number of primary amides is 1. The first-order chi connectivity index (χ1) is 15.7. The molecule has 2 aromatic carbocycles. The Balaban J connectivity index is 1.80. The molecule has 0 heterocycles. The summed E-state index contributed by atoms with van der Waals surface area (Å²) in [5.74, 6) is -3.10. The topological polar surface area (TPSA) is 87.4 Å². The number of rotatable bonds is 10. The van der Waals surface area contributed by atoms with E-state index in [1.807, 2.05) is 6.92 Å². The van der Waals surface area contributed by atoms with Crippen molar-refractivity contribution >= 4 is 5.91 Å². The number of benzene rings is 2. The summed E-state index contributed by atoms with van der Waals surface area (Å²) in [6, 6.07) is 8.19. The highest BCUT2D eigenvalue weighted by Crippen LogP contribution is 2.32. The molecule has 4 atom stereocenters. The molecule has 0 aliphatic heterocycles. The van der Waals surface area contributed by atoms with Gasteiger partial charge < -0.3 is 21.5 Å². The average Bonchev–Trinajstić information content (AvgIpc) is 2.78. The Morgan fingerprint density at radius 1 is 1.27 bits per heavy atom. The van der Waals surface area contributed by atoms with Gasteiger partial charge in [-0.3, -0.25) is 4.79 Å². The van der Waals surface area contributed by atoms with Crippen LogP contribution >= 0.6 is 0 Å². The Labute approximate surface area is 194 Å². The van der Waals surface area contributed by atoms with Gasteiger partial charge in [0.25, 0.3) is 0 Å². The number of aliphatic hydroxyl groups excluding tert-OH is 1. The summed E-state index contributed by atoms with van der Waals surface area (Å²) in [4.78, 5) is 12.3. The first-order valence-corrected chi connectivity index (χ1v) is 11.7. The van der Waals surface area contributed by atoms with Gasteiger partial charge in [0.2, 0.25) is 5.91 Å². The minimum absolute atomic E-state index is 0.0462. The monoisotopic (exact) mass is 459 g/mol. The summed E-state index contributed by atoms with van der Waals surface area (Å²) < 4.78 is 28.3. The van der Waals surface area contributed by atoms with Crippen LogP contribution in [0.3, 0.4) is 0 Å². The molecule has 3 rings (SSSR count).